The van der Waals surface area contributed by atoms with Crippen LogP contribution in [0.4, 0.5) is 0 Å². The first-order valence-electron chi connectivity index (χ1n) is 3.19. The maximum Gasteiger partial charge on any atom is 0.277 e. The number of hydroxylamine groups is 1. The van der Waals surface area contributed by atoms with Crippen LogP contribution < -0.4 is 5.48 Å². The molecule has 0 unspecified atom stereocenters. The summed E-state index contributed by atoms with van der Waals surface area (Å²) in [5.41, 5.74) is 1.54. The van der Waals surface area contributed by atoms with Gasteiger partial charge in [-0.05, 0) is 0 Å². The van der Waals surface area contributed by atoms with E-state index in [4.69, 9.17) is 9.62 Å². The lowest BCUT2D eigenvalue weighted by Gasteiger charge is -1.88. The third-order valence-electron chi connectivity index (χ3n) is 1.31. The largest absolute Gasteiger partial charge is 0.460 e. The number of rotatable bonds is 2. The number of hydrogen-bond donors (Lipinski definition) is 2. The fourth-order valence-electron chi connectivity index (χ4n) is 0.704. The van der Waals surface area contributed by atoms with E-state index >= 15 is 0 Å². The molecule has 1 amide bonds. The lowest BCUT2D eigenvalue weighted by Crippen LogP contribution is -2.17. The Labute approximate surface area is 67.9 Å². The SMILES string of the molecule is CC(=O)c1cc(C(=O)NO)co1. The highest BCUT2D eigenvalue weighted by Crippen LogP contribution is 2.07. The Morgan fingerprint density at radius 3 is 2.67 bits per heavy atom. The maximum atomic E-state index is 10.7. The summed E-state index contributed by atoms with van der Waals surface area (Å²) in [7, 11) is 0. The van der Waals surface area contributed by atoms with Crippen molar-refractivity contribution in [2.24, 2.45) is 0 Å². The predicted molar refractivity (Wildman–Crippen MR) is 38.0 cm³/mol. The summed E-state index contributed by atoms with van der Waals surface area (Å²) < 4.78 is 4.73. The summed E-state index contributed by atoms with van der Waals surface area (Å²) in [6, 6.07) is 1.26. The Morgan fingerprint density at radius 2 is 2.25 bits per heavy atom. The summed E-state index contributed by atoms with van der Waals surface area (Å²) in [5.74, 6) is -0.883. The van der Waals surface area contributed by atoms with Crippen LogP contribution in [0.2, 0.25) is 0 Å². The van der Waals surface area contributed by atoms with Crippen LogP contribution in [-0.2, 0) is 0 Å². The van der Waals surface area contributed by atoms with Crippen LogP contribution >= 0.6 is 0 Å². The third-order valence-corrected chi connectivity index (χ3v) is 1.31. The van der Waals surface area contributed by atoms with Gasteiger partial charge in [-0.2, -0.15) is 0 Å². The van der Waals surface area contributed by atoms with Gasteiger partial charge in [-0.3, -0.25) is 14.8 Å². The van der Waals surface area contributed by atoms with Gasteiger partial charge in [0.25, 0.3) is 5.91 Å². The molecule has 0 aliphatic carbocycles. The van der Waals surface area contributed by atoms with E-state index in [-0.39, 0.29) is 17.1 Å². The zero-order valence-electron chi connectivity index (χ0n) is 6.33. The Kier molecular flexibility index (Phi) is 2.25. The summed E-state index contributed by atoms with van der Waals surface area (Å²) in [6.45, 7) is 1.32. The molecule has 5 heteroatoms. The second-order valence-electron chi connectivity index (χ2n) is 2.20. The lowest BCUT2D eigenvalue weighted by molar-refractivity contribution is 0.0705. The predicted octanol–water partition coefficient (Wildman–Crippen LogP) is 0.601. The van der Waals surface area contributed by atoms with E-state index in [9.17, 15) is 9.59 Å². The van der Waals surface area contributed by atoms with Gasteiger partial charge >= 0.3 is 0 Å². The molecular formula is C7H7NO4. The van der Waals surface area contributed by atoms with Gasteiger partial charge in [0.2, 0.25) is 0 Å². The molecule has 1 rings (SSSR count). The van der Waals surface area contributed by atoms with Crippen LogP contribution in [0.5, 0.6) is 0 Å². The lowest BCUT2D eigenvalue weighted by atomic mass is 10.2. The highest BCUT2D eigenvalue weighted by Gasteiger charge is 2.11. The van der Waals surface area contributed by atoms with Gasteiger partial charge in [-0.15, -0.1) is 0 Å². The number of Topliss-reactive ketones (excluding diaryl/α,β-unsaturated/α-hetero) is 1. The summed E-state index contributed by atoms with van der Waals surface area (Å²) >= 11 is 0. The molecule has 5 nitrogen and oxygen atoms in total. The monoisotopic (exact) mass is 169 g/mol. The van der Waals surface area contributed by atoms with E-state index in [1.807, 2.05) is 0 Å². The molecule has 0 spiro atoms. The molecule has 0 fully saturated rings. The van der Waals surface area contributed by atoms with E-state index in [1.54, 1.807) is 0 Å². The number of amides is 1. The standard InChI is InChI=1S/C7H7NO4/c1-4(9)6-2-5(3-12-6)7(10)8-11/h2-3,11H,1H3,(H,8,10). The van der Waals surface area contributed by atoms with Crippen LogP contribution in [0, 0.1) is 0 Å². The fraction of sp³-hybridized carbons (Fsp3) is 0.143. The van der Waals surface area contributed by atoms with Gasteiger partial charge in [0, 0.05) is 13.0 Å². The quantitative estimate of drug-likeness (QED) is 0.386. The molecule has 64 valence electrons. The third kappa shape index (κ3) is 1.51. The minimum absolute atomic E-state index is 0.0913. The summed E-state index contributed by atoms with van der Waals surface area (Å²) in [4.78, 5) is 21.4. The second kappa shape index (κ2) is 3.19. The van der Waals surface area contributed by atoms with Crippen molar-refractivity contribution < 1.29 is 19.2 Å². The summed E-state index contributed by atoms with van der Waals surface area (Å²) in [5, 5.41) is 8.21. The molecule has 1 heterocycles. The van der Waals surface area contributed by atoms with Crippen molar-refractivity contribution >= 4 is 11.7 Å². The van der Waals surface area contributed by atoms with Crippen molar-refractivity contribution in [2.75, 3.05) is 0 Å². The molecule has 0 atom stereocenters. The normalized spacial score (nSPS) is 9.50. The van der Waals surface area contributed by atoms with Crippen LogP contribution in [0.3, 0.4) is 0 Å². The number of carbonyl (C=O) groups is 2. The molecule has 2 N–H and O–H groups in total. The molecule has 0 aliphatic heterocycles. The van der Waals surface area contributed by atoms with Gasteiger partial charge in [0.05, 0.1) is 5.56 Å². The molecule has 0 aromatic carbocycles. The Bertz CT molecular complexity index is 315. The molecule has 0 saturated carbocycles. The number of nitrogens with one attached hydrogen (secondary N) is 1. The highest BCUT2D eigenvalue weighted by atomic mass is 16.5. The molecular weight excluding hydrogens is 162 g/mol. The fourth-order valence-corrected chi connectivity index (χ4v) is 0.704. The van der Waals surface area contributed by atoms with Gasteiger partial charge in [-0.1, -0.05) is 0 Å². The zero-order valence-corrected chi connectivity index (χ0v) is 6.33. The molecule has 0 saturated heterocycles. The first-order chi connectivity index (χ1) is 5.65. The Balaban J connectivity index is 2.91. The Morgan fingerprint density at radius 1 is 1.58 bits per heavy atom. The van der Waals surface area contributed by atoms with Crippen LogP contribution in [0.15, 0.2) is 16.7 Å². The molecule has 0 radical (unpaired) electrons. The number of furan rings is 1. The number of hydrogen-bond acceptors (Lipinski definition) is 4. The number of carbonyl (C=O) groups excluding carboxylic acids is 2. The Hall–Kier alpha value is -1.62. The van der Waals surface area contributed by atoms with Crippen molar-refractivity contribution in [3.8, 4) is 0 Å². The molecule has 12 heavy (non-hydrogen) atoms. The second-order valence-corrected chi connectivity index (χ2v) is 2.20. The van der Waals surface area contributed by atoms with E-state index in [1.165, 1.54) is 18.5 Å². The van der Waals surface area contributed by atoms with E-state index in [0.717, 1.165) is 6.26 Å². The minimum Gasteiger partial charge on any atom is -0.460 e. The van der Waals surface area contributed by atoms with Crippen molar-refractivity contribution in [1.29, 1.82) is 0 Å². The van der Waals surface area contributed by atoms with Gasteiger partial charge in [-0.25, -0.2) is 5.48 Å². The van der Waals surface area contributed by atoms with Crippen molar-refractivity contribution in [2.45, 2.75) is 6.92 Å². The topological polar surface area (TPSA) is 79.5 Å². The molecule has 0 aliphatic rings. The van der Waals surface area contributed by atoms with E-state index < -0.39 is 5.91 Å². The van der Waals surface area contributed by atoms with Crippen LogP contribution in [-0.4, -0.2) is 16.9 Å². The number of ketones is 1. The van der Waals surface area contributed by atoms with Crippen molar-refractivity contribution in [3.63, 3.8) is 0 Å². The average Bonchev–Trinajstić information content (AvgIpc) is 2.51. The molecule has 1 aromatic heterocycles. The van der Waals surface area contributed by atoms with Gasteiger partial charge in [0.15, 0.2) is 11.5 Å². The van der Waals surface area contributed by atoms with Gasteiger partial charge < -0.3 is 4.42 Å². The van der Waals surface area contributed by atoms with Crippen molar-refractivity contribution in [3.05, 3.63) is 23.7 Å². The zero-order chi connectivity index (χ0) is 9.14. The van der Waals surface area contributed by atoms with Gasteiger partial charge in [0.1, 0.15) is 6.26 Å². The molecule has 0 bridgehead atoms. The average molecular weight is 169 g/mol. The maximum absolute atomic E-state index is 10.7. The van der Waals surface area contributed by atoms with Crippen LogP contribution in [0.25, 0.3) is 0 Å². The minimum atomic E-state index is -0.703. The first kappa shape index (κ1) is 8.48. The van der Waals surface area contributed by atoms with E-state index in [2.05, 4.69) is 0 Å². The van der Waals surface area contributed by atoms with Crippen molar-refractivity contribution in [1.82, 2.24) is 5.48 Å². The van der Waals surface area contributed by atoms with Crippen LogP contribution in [0.1, 0.15) is 27.8 Å². The highest BCUT2D eigenvalue weighted by molar-refractivity contribution is 5.97. The first-order valence-corrected chi connectivity index (χ1v) is 3.19. The molecule has 1 aromatic rings. The summed E-state index contributed by atoms with van der Waals surface area (Å²) in [6.07, 6.45) is 1.10. The smallest absolute Gasteiger partial charge is 0.277 e. The van der Waals surface area contributed by atoms with E-state index in [0.29, 0.717) is 0 Å².